The zero-order chi connectivity index (χ0) is 19.6. The largest absolute Gasteiger partial charge is 0.361 e. The number of nitrogens with one attached hydrogen (secondary N) is 2. The lowest BCUT2D eigenvalue weighted by atomic mass is 9.86. The molecule has 5 nitrogen and oxygen atoms in total. The molecule has 0 amide bonds. The molecule has 0 spiro atoms. The van der Waals surface area contributed by atoms with Crippen LogP contribution in [0.15, 0.2) is 60.9 Å². The molecule has 0 saturated carbocycles. The van der Waals surface area contributed by atoms with Gasteiger partial charge in [-0.3, -0.25) is 4.18 Å². The molecule has 146 valence electrons. The van der Waals surface area contributed by atoms with Crippen LogP contribution in [-0.2, 0) is 14.3 Å². The second-order valence-electron chi connectivity index (χ2n) is 7.15. The molecule has 0 aliphatic rings. The molecule has 2 aromatic heterocycles. The van der Waals surface area contributed by atoms with Crippen LogP contribution in [0.25, 0.3) is 21.8 Å². The van der Waals surface area contributed by atoms with Gasteiger partial charge in [0.25, 0.3) is 10.1 Å². The number of aromatic amines is 2. The highest BCUT2D eigenvalue weighted by molar-refractivity contribution is 7.85. The Kier molecular flexibility index (Phi) is 5.24. The van der Waals surface area contributed by atoms with Crippen molar-refractivity contribution in [3.63, 3.8) is 0 Å². The molecule has 0 unspecified atom stereocenters. The normalized spacial score (nSPS) is 12.4. The Morgan fingerprint density at radius 3 is 1.93 bits per heavy atom. The van der Waals surface area contributed by atoms with Gasteiger partial charge in [-0.25, -0.2) is 0 Å². The summed E-state index contributed by atoms with van der Waals surface area (Å²) in [5.41, 5.74) is 4.79. The zero-order valence-electron chi connectivity index (χ0n) is 15.8. The van der Waals surface area contributed by atoms with Crippen molar-refractivity contribution in [3.8, 4) is 0 Å². The Bertz CT molecular complexity index is 1120. The first-order chi connectivity index (χ1) is 13.5. The Morgan fingerprint density at radius 2 is 1.39 bits per heavy atom. The van der Waals surface area contributed by atoms with Gasteiger partial charge in [0.2, 0.25) is 0 Å². The smallest absolute Gasteiger partial charge is 0.264 e. The number of H-pyrrole nitrogens is 2. The highest BCUT2D eigenvalue weighted by Crippen LogP contribution is 2.37. The number of rotatable bonds is 8. The third-order valence-electron chi connectivity index (χ3n) is 5.18. The van der Waals surface area contributed by atoms with Crippen molar-refractivity contribution in [1.82, 2.24) is 9.97 Å². The van der Waals surface area contributed by atoms with Crippen LogP contribution in [0.3, 0.4) is 0 Å². The summed E-state index contributed by atoms with van der Waals surface area (Å²) in [5.74, 6) is 0.213. The van der Waals surface area contributed by atoms with Gasteiger partial charge in [0.05, 0.1) is 12.9 Å². The molecular formula is C22H24N2O3S. The molecule has 6 heteroatoms. The van der Waals surface area contributed by atoms with Gasteiger partial charge < -0.3 is 9.97 Å². The van der Waals surface area contributed by atoms with Crippen LogP contribution in [0, 0.1) is 0 Å². The maximum Gasteiger partial charge on any atom is 0.264 e. The van der Waals surface area contributed by atoms with E-state index in [0.29, 0.717) is 6.42 Å². The number of hydrogen-bond donors (Lipinski definition) is 2. The summed E-state index contributed by atoms with van der Waals surface area (Å²) in [6.07, 6.45) is 7.78. The topological polar surface area (TPSA) is 75.0 Å². The van der Waals surface area contributed by atoms with Crippen molar-refractivity contribution in [2.24, 2.45) is 0 Å². The predicted octanol–water partition coefficient (Wildman–Crippen LogP) is 4.93. The van der Waals surface area contributed by atoms with Crippen molar-refractivity contribution in [1.29, 1.82) is 0 Å². The fourth-order valence-electron chi connectivity index (χ4n) is 3.90. The summed E-state index contributed by atoms with van der Waals surface area (Å²) in [4.78, 5) is 6.77. The number of hydrogen-bond acceptors (Lipinski definition) is 3. The van der Waals surface area contributed by atoms with E-state index in [9.17, 15) is 8.42 Å². The first-order valence-corrected chi connectivity index (χ1v) is 11.3. The van der Waals surface area contributed by atoms with Gasteiger partial charge in [0.15, 0.2) is 0 Å². The number of aromatic nitrogens is 2. The fourth-order valence-corrected chi connectivity index (χ4v) is 4.32. The standard InChI is InChI=1S/C22H24N2O3S/c1-28(25,26)27-13-7-6-8-16(19-14-23-21-11-4-2-9-17(19)21)20-15-24-22-12-5-3-10-18(20)22/h2-5,9-12,14-16,23-24H,6-8,13H2,1H3. The molecule has 0 atom stereocenters. The predicted molar refractivity (Wildman–Crippen MR) is 113 cm³/mol. The van der Waals surface area contributed by atoms with Crippen molar-refractivity contribution < 1.29 is 12.6 Å². The molecule has 2 aromatic carbocycles. The van der Waals surface area contributed by atoms with E-state index in [4.69, 9.17) is 4.18 Å². The lowest BCUT2D eigenvalue weighted by Crippen LogP contribution is -2.05. The SMILES string of the molecule is CS(=O)(=O)OCCCCC(c1c[nH]c2ccccc12)c1c[nH]c2ccccc12. The van der Waals surface area contributed by atoms with Gasteiger partial charge >= 0.3 is 0 Å². The Labute approximate surface area is 164 Å². The van der Waals surface area contributed by atoms with Crippen LogP contribution in [0.1, 0.15) is 36.3 Å². The minimum atomic E-state index is -3.38. The third kappa shape index (κ3) is 3.98. The molecule has 2 N–H and O–H groups in total. The molecule has 4 aromatic rings. The molecule has 2 heterocycles. The van der Waals surface area contributed by atoms with Gasteiger partial charge in [-0.2, -0.15) is 8.42 Å². The average molecular weight is 397 g/mol. The molecule has 0 bridgehead atoms. The van der Waals surface area contributed by atoms with E-state index >= 15 is 0 Å². The van der Waals surface area contributed by atoms with Crippen LogP contribution in [-0.4, -0.2) is 31.2 Å². The minimum Gasteiger partial charge on any atom is -0.361 e. The van der Waals surface area contributed by atoms with E-state index in [1.807, 2.05) is 12.1 Å². The van der Waals surface area contributed by atoms with Crippen molar-refractivity contribution in [2.75, 3.05) is 12.9 Å². The maximum absolute atomic E-state index is 11.2. The van der Waals surface area contributed by atoms with E-state index in [2.05, 4.69) is 58.8 Å². The highest BCUT2D eigenvalue weighted by Gasteiger charge is 2.21. The Hall–Kier alpha value is -2.57. The van der Waals surface area contributed by atoms with Gasteiger partial charge in [0.1, 0.15) is 0 Å². The lowest BCUT2D eigenvalue weighted by molar-refractivity contribution is 0.309. The van der Waals surface area contributed by atoms with E-state index in [1.54, 1.807) is 0 Å². The van der Waals surface area contributed by atoms with Gasteiger partial charge in [0, 0.05) is 40.1 Å². The summed E-state index contributed by atoms with van der Waals surface area (Å²) >= 11 is 0. The van der Waals surface area contributed by atoms with Crippen LogP contribution >= 0.6 is 0 Å². The highest BCUT2D eigenvalue weighted by atomic mass is 32.2. The molecular weight excluding hydrogens is 372 g/mol. The zero-order valence-corrected chi connectivity index (χ0v) is 16.6. The maximum atomic E-state index is 11.2. The van der Waals surface area contributed by atoms with E-state index in [0.717, 1.165) is 30.1 Å². The molecule has 4 rings (SSSR count). The quantitative estimate of drug-likeness (QED) is 0.328. The summed E-state index contributed by atoms with van der Waals surface area (Å²) in [6.45, 7) is 0.229. The number of benzene rings is 2. The number of unbranched alkanes of at least 4 members (excludes halogenated alkanes) is 1. The first kappa shape index (κ1) is 18.8. The van der Waals surface area contributed by atoms with Crippen LogP contribution in [0.5, 0.6) is 0 Å². The van der Waals surface area contributed by atoms with Crippen LogP contribution < -0.4 is 0 Å². The molecule has 0 aliphatic carbocycles. The fraction of sp³-hybridized carbons (Fsp3) is 0.273. The summed E-state index contributed by atoms with van der Waals surface area (Å²) in [7, 11) is -3.38. The van der Waals surface area contributed by atoms with Crippen LogP contribution in [0.2, 0.25) is 0 Å². The average Bonchev–Trinajstić information content (AvgIpc) is 3.29. The first-order valence-electron chi connectivity index (χ1n) is 9.49. The molecule has 0 fully saturated rings. The number of para-hydroxylation sites is 2. The Morgan fingerprint density at radius 1 is 0.857 bits per heavy atom. The number of fused-ring (bicyclic) bond motifs is 2. The summed E-state index contributed by atoms with van der Waals surface area (Å²) in [5, 5.41) is 2.45. The van der Waals surface area contributed by atoms with Gasteiger partial charge in [-0.05, 0) is 36.1 Å². The molecule has 0 radical (unpaired) electrons. The van der Waals surface area contributed by atoms with E-state index in [-0.39, 0.29) is 12.5 Å². The van der Waals surface area contributed by atoms with Crippen molar-refractivity contribution >= 4 is 31.9 Å². The van der Waals surface area contributed by atoms with Crippen LogP contribution in [0.4, 0.5) is 0 Å². The molecule has 28 heavy (non-hydrogen) atoms. The second kappa shape index (κ2) is 7.81. The van der Waals surface area contributed by atoms with E-state index in [1.165, 1.54) is 21.9 Å². The minimum absolute atomic E-state index is 0.213. The molecule has 0 aliphatic heterocycles. The second-order valence-corrected chi connectivity index (χ2v) is 8.80. The summed E-state index contributed by atoms with van der Waals surface area (Å²) < 4.78 is 27.2. The lowest BCUT2D eigenvalue weighted by Gasteiger charge is -2.16. The van der Waals surface area contributed by atoms with Crippen molar-refractivity contribution in [3.05, 3.63) is 72.1 Å². The molecule has 0 saturated heterocycles. The summed E-state index contributed by atoms with van der Waals surface area (Å²) in [6, 6.07) is 16.7. The monoisotopic (exact) mass is 396 g/mol. The Balaban J connectivity index is 1.64. The van der Waals surface area contributed by atoms with Gasteiger partial charge in [-0.15, -0.1) is 0 Å². The van der Waals surface area contributed by atoms with Crippen molar-refractivity contribution in [2.45, 2.75) is 25.2 Å². The third-order valence-corrected chi connectivity index (χ3v) is 5.77. The van der Waals surface area contributed by atoms with E-state index < -0.39 is 10.1 Å². The van der Waals surface area contributed by atoms with Gasteiger partial charge in [-0.1, -0.05) is 42.8 Å².